The molecule has 0 aliphatic heterocycles. The largest absolute Gasteiger partial charge is 0.381 e. The first-order valence-electron chi connectivity index (χ1n) is 6.54. The lowest BCUT2D eigenvalue weighted by Gasteiger charge is -2.09. The maximum Gasteiger partial charge on any atom is 0.181 e. The fraction of sp³-hybridized carbons (Fsp3) is 0.133. The molecule has 0 aliphatic carbocycles. The van der Waals surface area contributed by atoms with Gasteiger partial charge in [-0.25, -0.2) is 4.68 Å². The molecule has 21 heavy (non-hydrogen) atoms. The highest BCUT2D eigenvalue weighted by molar-refractivity contribution is 6.31. The van der Waals surface area contributed by atoms with Crippen molar-refractivity contribution in [1.29, 1.82) is 0 Å². The van der Waals surface area contributed by atoms with E-state index < -0.39 is 0 Å². The van der Waals surface area contributed by atoms with Gasteiger partial charge in [0.05, 0.1) is 0 Å². The average molecular weight is 300 g/mol. The molecule has 0 fully saturated rings. The number of nitrogens with one attached hydrogen (secondary N) is 1. The summed E-state index contributed by atoms with van der Waals surface area (Å²) >= 11 is 6.15. The molecular weight excluding hydrogens is 286 g/mol. The van der Waals surface area contributed by atoms with Crippen LogP contribution in [0.3, 0.4) is 0 Å². The average Bonchev–Trinajstić information content (AvgIpc) is 2.93. The van der Waals surface area contributed by atoms with E-state index in [9.17, 15) is 0 Å². The van der Waals surface area contributed by atoms with Crippen LogP contribution < -0.4 is 5.32 Å². The van der Waals surface area contributed by atoms with Crippen molar-refractivity contribution in [3.05, 3.63) is 59.1 Å². The molecule has 3 rings (SSSR count). The molecule has 1 heterocycles. The topological polar surface area (TPSA) is 55.6 Å². The summed E-state index contributed by atoms with van der Waals surface area (Å²) in [5.41, 5.74) is 3.02. The minimum atomic E-state index is 0.667. The number of rotatable bonds is 4. The van der Waals surface area contributed by atoms with Crippen molar-refractivity contribution < 1.29 is 0 Å². The number of benzene rings is 2. The number of nitrogens with zero attached hydrogens (tertiary/aromatic N) is 4. The SMILES string of the molecule is Cn1nnnc1-c1cccc(NCc2ccccc2Cl)c1. The zero-order valence-corrected chi connectivity index (χ0v) is 12.2. The van der Waals surface area contributed by atoms with Crippen molar-refractivity contribution in [2.45, 2.75) is 6.54 Å². The molecule has 0 saturated heterocycles. The molecule has 3 aromatic rings. The molecular formula is C15H14ClN5. The molecule has 0 saturated carbocycles. The van der Waals surface area contributed by atoms with Crippen LogP contribution in [0.25, 0.3) is 11.4 Å². The van der Waals surface area contributed by atoms with E-state index in [2.05, 4.69) is 20.8 Å². The third-order valence-electron chi connectivity index (χ3n) is 3.18. The fourth-order valence-electron chi connectivity index (χ4n) is 2.08. The van der Waals surface area contributed by atoms with Gasteiger partial charge in [-0.15, -0.1) is 5.10 Å². The summed E-state index contributed by atoms with van der Waals surface area (Å²) in [6, 6.07) is 15.8. The fourth-order valence-corrected chi connectivity index (χ4v) is 2.28. The van der Waals surface area contributed by atoms with E-state index in [1.54, 1.807) is 4.68 Å². The van der Waals surface area contributed by atoms with Crippen LogP contribution in [-0.2, 0) is 13.6 Å². The standard InChI is InChI=1S/C15H14ClN5/c1-21-15(18-19-20-21)11-6-4-7-13(9-11)17-10-12-5-2-3-8-14(12)16/h2-9,17H,10H2,1H3. The Bertz CT molecular complexity index is 753. The Kier molecular flexibility index (Phi) is 3.83. The monoisotopic (exact) mass is 299 g/mol. The van der Waals surface area contributed by atoms with E-state index in [0.29, 0.717) is 6.54 Å². The minimum absolute atomic E-state index is 0.667. The van der Waals surface area contributed by atoms with Crippen LogP contribution in [-0.4, -0.2) is 20.2 Å². The van der Waals surface area contributed by atoms with Crippen LogP contribution in [0.2, 0.25) is 5.02 Å². The van der Waals surface area contributed by atoms with Crippen molar-refractivity contribution in [3.8, 4) is 11.4 Å². The Morgan fingerprint density at radius 2 is 2.00 bits per heavy atom. The van der Waals surface area contributed by atoms with Gasteiger partial charge in [-0.2, -0.15) is 0 Å². The third kappa shape index (κ3) is 3.03. The molecule has 0 atom stereocenters. The lowest BCUT2D eigenvalue weighted by atomic mass is 10.1. The number of hydrogen-bond acceptors (Lipinski definition) is 4. The zero-order valence-electron chi connectivity index (χ0n) is 11.5. The molecule has 5 nitrogen and oxygen atoms in total. The summed E-state index contributed by atoms with van der Waals surface area (Å²) in [6.07, 6.45) is 0. The van der Waals surface area contributed by atoms with Crippen LogP contribution in [0.15, 0.2) is 48.5 Å². The molecule has 0 amide bonds. The van der Waals surface area contributed by atoms with Crippen LogP contribution in [0.1, 0.15) is 5.56 Å². The summed E-state index contributed by atoms with van der Waals surface area (Å²) in [7, 11) is 1.82. The van der Waals surface area contributed by atoms with E-state index in [4.69, 9.17) is 11.6 Å². The second kappa shape index (κ2) is 5.93. The predicted octanol–water partition coefficient (Wildman–Crippen LogP) is 3.14. The van der Waals surface area contributed by atoms with Crippen LogP contribution in [0, 0.1) is 0 Å². The molecule has 0 unspecified atom stereocenters. The Hall–Kier alpha value is -2.40. The predicted molar refractivity (Wildman–Crippen MR) is 83.0 cm³/mol. The second-order valence-corrected chi connectivity index (χ2v) is 5.06. The number of anilines is 1. The van der Waals surface area contributed by atoms with Crippen molar-refractivity contribution in [3.63, 3.8) is 0 Å². The van der Waals surface area contributed by atoms with Gasteiger partial charge in [-0.1, -0.05) is 41.9 Å². The van der Waals surface area contributed by atoms with E-state index in [1.807, 2.05) is 55.6 Å². The van der Waals surface area contributed by atoms with E-state index in [0.717, 1.165) is 27.7 Å². The molecule has 2 aromatic carbocycles. The minimum Gasteiger partial charge on any atom is -0.381 e. The van der Waals surface area contributed by atoms with Crippen LogP contribution in [0.4, 0.5) is 5.69 Å². The third-order valence-corrected chi connectivity index (χ3v) is 3.55. The van der Waals surface area contributed by atoms with Crippen molar-refractivity contribution in [1.82, 2.24) is 20.2 Å². The second-order valence-electron chi connectivity index (χ2n) is 4.65. The maximum absolute atomic E-state index is 6.15. The lowest BCUT2D eigenvalue weighted by Crippen LogP contribution is -2.00. The van der Waals surface area contributed by atoms with Gasteiger partial charge in [0.25, 0.3) is 0 Å². The number of halogens is 1. The van der Waals surface area contributed by atoms with Crippen LogP contribution >= 0.6 is 11.6 Å². The summed E-state index contributed by atoms with van der Waals surface area (Å²) in [6.45, 7) is 0.667. The number of hydrogen-bond donors (Lipinski definition) is 1. The Balaban J connectivity index is 1.78. The Morgan fingerprint density at radius 1 is 1.14 bits per heavy atom. The highest BCUT2D eigenvalue weighted by Gasteiger charge is 2.06. The first-order chi connectivity index (χ1) is 10.2. The Labute approximate surface area is 127 Å². The van der Waals surface area contributed by atoms with E-state index in [1.165, 1.54) is 0 Å². The molecule has 1 aromatic heterocycles. The quantitative estimate of drug-likeness (QED) is 0.804. The summed E-state index contributed by atoms with van der Waals surface area (Å²) < 4.78 is 1.65. The first kappa shape index (κ1) is 13.6. The smallest absolute Gasteiger partial charge is 0.181 e. The van der Waals surface area contributed by atoms with Crippen molar-refractivity contribution >= 4 is 17.3 Å². The maximum atomic E-state index is 6.15. The summed E-state index contributed by atoms with van der Waals surface area (Å²) in [5.74, 6) is 0.733. The van der Waals surface area contributed by atoms with Crippen molar-refractivity contribution in [2.75, 3.05) is 5.32 Å². The highest BCUT2D eigenvalue weighted by Crippen LogP contribution is 2.21. The lowest BCUT2D eigenvalue weighted by molar-refractivity contribution is 0.714. The summed E-state index contributed by atoms with van der Waals surface area (Å²) in [4.78, 5) is 0. The van der Waals surface area contributed by atoms with Gasteiger partial charge in [0, 0.05) is 29.9 Å². The first-order valence-corrected chi connectivity index (χ1v) is 6.92. The molecule has 0 bridgehead atoms. The van der Waals surface area contributed by atoms with Gasteiger partial charge in [0.2, 0.25) is 0 Å². The van der Waals surface area contributed by atoms with Crippen LogP contribution in [0.5, 0.6) is 0 Å². The molecule has 106 valence electrons. The van der Waals surface area contributed by atoms with Crippen molar-refractivity contribution in [2.24, 2.45) is 7.05 Å². The van der Waals surface area contributed by atoms with Gasteiger partial charge in [0.15, 0.2) is 5.82 Å². The molecule has 0 aliphatic rings. The highest BCUT2D eigenvalue weighted by atomic mass is 35.5. The zero-order chi connectivity index (χ0) is 14.7. The van der Waals surface area contributed by atoms with E-state index >= 15 is 0 Å². The number of tetrazole rings is 1. The number of aromatic nitrogens is 4. The van der Waals surface area contributed by atoms with Gasteiger partial charge in [-0.05, 0) is 34.2 Å². The molecule has 0 radical (unpaired) electrons. The molecule has 1 N–H and O–H groups in total. The van der Waals surface area contributed by atoms with Gasteiger partial charge in [0.1, 0.15) is 0 Å². The number of aryl methyl sites for hydroxylation is 1. The van der Waals surface area contributed by atoms with E-state index in [-0.39, 0.29) is 0 Å². The van der Waals surface area contributed by atoms with Gasteiger partial charge < -0.3 is 5.32 Å². The van der Waals surface area contributed by atoms with Gasteiger partial charge >= 0.3 is 0 Å². The Morgan fingerprint density at radius 3 is 2.76 bits per heavy atom. The normalized spacial score (nSPS) is 10.6. The molecule has 0 spiro atoms. The van der Waals surface area contributed by atoms with Gasteiger partial charge in [-0.3, -0.25) is 0 Å². The molecule has 6 heteroatoms. The summed E-state index contributed by atoms with van der Waals surface area (Å²) in [5, 5.41) is 15.6.